The summed E-state index contributed by atoms with van der Waals surface area (Å²) in [6.07, 6.45) is 1.56. The van der Waals surface area contributed by atoms with Crippen LogP contribution in [0.2, 0.25) is 0 Å². The van der Waals surface area contributed by atoms with Gasteiger partial charge in [0.15, 0.2) is 5.78 Å². The second kappa shape index (κ2) is 6.18. The van der Waals surface area contributed by atoms with Gasteiger partial charge in [-0.1, -0.05) is 31.5 Å². The van der Waals surface area contributed by atoms with Crippen LogP contribution in [0, 0.1) is 6.92 Å². The average Bonchev–Trinajstić information content (AvgIpc) is 2.28. The van der Waals surface area contributed by atoms with Gasteiger partial charge in [-0.3, -0.25) is 9.59 Å². The maximum absolute atomic E-state index is 12.0. The van der Waals surface area contributed by atoms with Crippen LogP contribution in [0.1, 0.15) is 42.6 Å². The van der Waals surface area contributed by atoms with Crippen LogP contribution in [0.4, 0.5) is 0 Å². The minimum absolute atomic E-state index is 0.00813. The van der Waals surface area contributed by atoms with Crippen molar-refractivity contribution in [2.75, 3.05) is 0 Å². The van der Waals surface area contributed by atoms with Gasteiger partial charge in [0.05, 0.1) is 6.04 Å². The van der Waals surface area contributed by atoms with Crippen LogP contribution in [-0.2, 0) is 4.79 Å². The van der Waals surface area contributed by atoms with Gasteiger partial charge >= 0.3 is 0 Å². The van der Waals surface area contributed by atoms with Crippen molar-refractivity contribution in [2.24, 2.45) is 0 Å². The number of nitrogens with one attached hydrogen (secondary N) is 1. The molecular weight excluding hydrogens is 214 g/mol. The van der Waals surface area contributed by atoms with E-state index >= 15 is 0 Å². The molecule has 17 heavy (non-hydrogen) atoms. The lowest BCUT2D eigenvalue weighted by atomic mass is 10.1. The van der Waals surface area contributed by atoms with Crippen LogP contribution in [-0.4, -0.2) is 17.7 Å². The van der Waals surface area contributed by atoms with Crippen LogP contribution in [0.15, 0.2) is 24.3 Å². The molecule has 0 radical (unpaired) electrons. The van der Waals surface area contributed by atoms with Crippen molar-refractivity contribution >= 4 is 11.7 Å². The van der Waals surface area contributed by atoms with Crippen molar-refractivity contribution in [1.29, 1.82) is 0 Å². The Labute approximate surface area is 102 Å². The smallest absolute Gasteiger partial charge is 0.252 e. The molecule has 0 heterocycles. The number of amides is 1. The minimum atomic E-state index is -0.368. The first-order valence-electron chi connectivity index (χ1n) is 5.93. The van der Waals surface area contributed by atoms with Gasteiger partial charge in [0.2, 0.25) is 0 Å². The number of hydrogen-bond acceptors (Lipinski definition) is 2. The normalized spacial score (nSPS) is 11.9. The highest BCUT2D eigenvalue weighted by Crippen LogP contribution is 2.08. The molecule has 0 fully saturated rings. The van der Waals surface area contributed by atoms with Gasteiger partial charge in [0.1, 0.15) is 0 Å². The van der Waals surface area contributed by atoms with E-state index in [2.05, 4.69) is 5.32 Å². The number of aryl methyl sites for hydroxylation is 1. The van der Waals surface area contributed by atoms with Crippen molar-refractivity contribution in [3.05, 3.63) is 35.4 Å². The second-order valence-electron chi connectivity index (χ2n) is 4.24. The summed E-state index contributed by atoms with van der Waals surface area (Å²) in [7, 11) is 0. The first-order chi connectivity index (χ1) is 8.06. The Bertz CT molecular complexity index is 412. The van der Waals surface area contributed by atoms with Crippen LogP contribution >= 0.6 is 0 Å². The molecule has 1 rings (SSSR count). The third kappa shape index (κ3) is 3.70. The molecule has 1 amide bonds. The lowest BCUT2D eigenvalue weighted by Gasteiger charge is -2.15. The molecule has 0 spiro atoms. The summed E-state index contributed by atoms with van der Waals surface area (Å²) in [5.74, 6) is -0.162. The van der Waals surface area contributed by atoms with Crippen LogP contribution < -0.4 is 5.32 Å². The molecule has 0 aromatic heterocycles. The zero-order chi connectivity index (χ0) is 12.8. The summed E-state index contributed by atoms with van der Waals surface area (Å²) < 4.78 is 0. The first kappa shape index (κ1) is 13.4. The van der Waals surface area contributed by atoms with E-state index < -0.39 is 0 Å². The van der Waals surface area contributed by atoms with Crippen LogP contribution in [0.5, 0.6) is 0 Å². The Kier molecular flexibility index (Phi) is 4.88. The maximum Gasteiger partial charge on any atom is 0.252 e. The fourth-order valence-corrected chi connectivity index (χ4v) is 1.73. The Morgan fingerprint density at radius 1 is 1.29 bits per heavy atom. The predicted octanol–water partition coefficient (Wildman–Crippen LogP) is 2.48. The van der Waals surface area contributed by atoms with Crippen molar-refractivity contribution in [2.45, 2.75) is 39.7 Å². The Hall–Kier alpha value is -1.64. The fourth-order valence-electron chi connectivity index (χ4n) is 1.73. The van der Waals surface area contributed by atoms with E-state index in [0.717, 1.165) is 12.0 Å². The van der Waals surface area contributed by atoms with E-state index in [1.54, 1.807) is 6.07 Å². The number of carbonyl (C=O) groups is 2. The first-order valence-corrected chi connectivity index (χ1v) is 5.93. The second-order valence-corrected chi connectivity index (χ2v) is 4.24. The van der Waals surface area contributed by atoms with E-state index in [9.17, 15) is 9.59 Å². The van der Waals surface area contributed by atoms with Crippen molar-refractivity contribution in [3.8, 4) is 0 Å². The zero-order valence-electron chi connectivity index (χ0n) is 10.6. The highest BCUT2D eigenvalue weighted by Gasteiger charge is 2.17. The zero-order valence-corrected chi connectivity index (χ0v) is 10.6. The number of rotatable bonds is 5. The van der Waals surface area contributed by atoms with Gasteiger partial charge in [-0.15, -0.1) is 0 Å². The molecule has 0 saturated heterocycles. The molecule has 1 aromatic rings. The number of hydrogen-bond donors (Lipinski definition) is 1. The van der Waals surface area contributed by atoms with E-state index in [1.807, 2.05) is 32.0 Å². The maximum atomic E-state index is 12.0. The molecular formula is C14H19NO2. The third-order valence-corrected chi connectivity index (χ3v) is 2.76. The summed E-state index contributed by atoms with van der Waals surface area (Å²) in [5, 5.41) is 2.79. The Balaban J connectivity index is 2.77. The summed E-state index contributed by atoms with van der Waals surface area (Å²) in [5.41, 5.74) is 1.55. The van der Waals surface area contributed by atoms with E-state index in [-0.39, 0.29) is 17.7 Å². The van der Waals surface area contributed by atoms with Gasteiger partial charge in [-0.05, 0) is 31.9 Å². The lowest BCUT2D eigenvalue weighted by Crippen LogP contribution is -2.39. The van der Waals surface area contributed by atoms with E-state index in [1.165, 1.54) is 6.92 Å². The van der Waals surface area contributed by atoms with Gasteiger partial charge < -0.3 is 5.32 Å². The summed E-state index contributed by atoms with van der Waals surface area (Å²) in [6.45, 7) is 5.39. The molecule has 1 atom stereocenters. The molecule has 0 aliphatic heterocycles. The lowest BCUT2D eigenvalue weighted by molar-refractivity contribution is -0.118. The van der Waals surface area contributed by atoms with Crippen LogP contribution in [0.25, 0.3) is 0 Å². The highest BCUT2D eigenvalue weighted by atomic mass is 16.2. The fraction of sp³-hybridized carbons (Fsp3) is 0.429. The molecule has 1 unspecified atom stereocenters. The third-order valence-electron chi connectivity index (χ3n) is 2.76. The molecule has 0 saturated carbocycles. The van der Waals surface area contributed by atoms with Gasteiger partial charge in [-0.2, -0.15) is 0 Å². The van der Waals surface area contributed by atoms with E-state index in [4.69, 9.17) is 0 Å². The molecule has 1 N–H and O–H groups in total. The molecule has 0 aliphatic carbocycles. The predicted molar refractivity (Wildman–Crippen MR) is 68.0 cm³/mol. The molecule has 0 bridgehead atoms. The summed E-state index contributed by atoms with van der Waals surface area (Å²) >= 11 is 0. The summed E-state index contributed by atoms with van der Waals surface area (Å²) in [6, 6.07) is 7.00. The minimum Gasteiger partial charge on any atom is -0.342 e. The Morgan fingerprint density at radius 3 is 2.47 bits per heavy atom. The van der Waals surface area contributed by atoms with E-state index in [0.29, 0.717) is 12.0 Å². The quantitative estimate of drug-likeness (QED) is 0.849. The van der Waals surface area contributed by atoms with Gasteiger partial charge in [0, 0.05) is 5.56 Å². The molecule has 1 aromatic carbocycles. The van der Waals surface area contributed by atoms with Crippen molar-refractivity contribution < 1.29 is 9.59 Å². The topological polar surface area (TPSA) is 46.2 Å². The SMILES string of the molecule is CCCC(NC(=O)c1ccccc1C)C(C)=O. The van der Waals surface area contributed by atoms with Crippen molar-refractivity contribution in [3.63, 3.8) is 0 Å². The monoisotopic (exact) mass is 233 g/mol. The molecule has 0 aliphatic rings. The molecule has 3 heteroatoms. The van der Waals surface area contributed by atoms with Crippen molar-refractivity contribution in [1.82, 2.24) is 5.32 Å². The van der Waals surface area contributed by atoms with Crippen LogP contribution in [0.3, 0.4) is 0 Å². The highest BCUT2D eigenvalue weighted by molar-refractivity contribution is 5.98. The average molecular weight is 233 g/mol. The van der Waals surface area contributed by atoms with Gasteiger partial charge in [-0.25, -0.2) is 0 Å². The summed E-state index contributed by atoms with van der Waals surface area (Å²) in [4.78, 5) is 23.4. The number of benzene rings is 1. The number of Topliss-reactive ketones (excluding diaryl/α,β-unsaturated/α-hetero) is 1. The molecule has 92 valence electrons. The molecule has 3 nitrogen and oxygen atoms in total. The van der Waals surface area contributed by atoms with Gasteiger partial charge in [0.25, 0.3) is 5.91 Å². The Morgan fingerprint density at radius 2 is 1.94 bits per heavy atom. The largest absolute Gasteiger partial charge is 0.342 e. The number of ketones is 1. The standard InChI is InChI=1S/C14H19NO2/c1-4-7-13(11(3)16)15-14(17)12-9-6-5-8-10(12)2/h5-6,8-9,13H,4,7H2,1-3H3,(H,15,17). The number of carbonyl (C=O) groups excluding carboxylic acids is 2.